The summed E-state index contributed by atoms with van der Waals surface area (Å²) in [5.41, 5.74) is 2.62. The zero-order valence-corrected chi connectivity index (χ0v) is 19.8. The number of rotatable bonds is 8. The highest BCUT2D eigenvalue weighted by molar-refractivity contribution is 14.0. The lowest BCUT2D eigenvalue weighted by atomic mass is 10.1. The number of halogens is 1. The van der Waals surface area contributed by atoms with E-state index in [0.717, 1.165) is 57.8 Å². The quantitative estimate of drug-likeness (QED) is 0.291. The van der Waals surface area contributed by atoms with Gasteiger partial charge in [0, 0.05) is 39.3 Å². The third kappa shape index (κ3) is 9.23. The molecular weight excluding hydrogens is 465 g/mol. The Morgan fingerprint density at radius 3 is 2.43 bits per heavy atom. The normalized spacial score (nSPS) is 15.6. The second kappa shape index (κ2) is 13.8. The summed E-state index contributed by atoms with van der Waals surface area (Å²) < 4.78 is 0. The van der Waals surface area contributed by atoms with E-state index in [1.54, 1.807) is 0 Å². The first kappa shape index (κ1) is 24.7. The Bertz CT molecular complexity index is 597. The highest BCUT2D eigenvalue weighted by Crippen LogP contribution is 2.10. The van der Waals surface area contributed by atoms with E-state index in [1.165, 1.54) is 11.1 Å². The topological polar surface area (TPSA) is 68.8 Å². The lowest BCUT2D eigenvalue weighted by molar-refractivity contribution is -0.122. The van der Waals surface area contributed by atoms with Crippen molar-refractivity contribution >= 4 is 35.8 Å². The molecule has 2 rings (SSSR count). The van der Waals surface area contributed by atoms with Crippen LogP contribution in [0.1, 0.15) is 37.3 Å². The van der Waals surface area contributed by atoms with Crippen LogP contribution in [0, 0.1) is 6.92 Å². The molecule has 0 spiro atoms. The Kier molecular flexibility index (Phi) is 12.1. The molecule has 1 aromatic rings. The molecule has 1 aliphatic heterocycles. The number of aliphatic imine (C=N–C) groups is 1. The Balaban J connectivity index is 0.00000392. The summed E-state index contributed by atoms with van der Waals surface area (Å²) >= 11 is 0. The number of amides is 1. The first-order chi connectivity index (χ1) is 13.1. The van der Waals surface area contributed by atoms with E-state index in [2.05, 4.69) is 64.0 Å². The van der Waals surface area contributed by atoms with Crippen molar-refractivity contribution < 1.29 is 4.79 Å². The standard InChI is InChI=1S/C21H35N5O.HI/c1-4-12-23-20(27)16-26-14-10-19(11-15-26)25-21(22-3)24-13-9-18-7-5-17(2)6-8-18;/h5-8,19H,4,9-16H2,1-3H3,(H,23,27)(H2,22,24,25);1H. The first-order valence-electron chi connectivity index (χ1n) is 10.1. The van der Waals surface area contributed by atoms with Crippen LogP contribution < -0.4 is 16.0 Å². The highest BCUT2D eigenvalue weighted by atomic mass is 127. The van der Waals surface area contributed by atoms with E-state index in [1.807, 2.05) is 7.05 Å². The molecule has 0 bridgehead atoms. The summed E-state index contributed by atoms with van der Waals surface area (Å²) in [4.78, 5) is 18.4. The molecular formula is C21H36IN5O. The van der Waals surface area contributed by atoms with Crippen LogP contribution in [0.4, 0.5) is 0 Å². The maximum atomic E-state index is 11.8. The number of likely N-dealkylation sites (tertiary alicyclic amines) is 1. The second-order valence-corrected chi connectivity index (χ2v) is 7.28. The molecule has 1 fully saturated rings. The van der Waals surface area contributed by atoms with Crippen LogP contribution in [-0.4, -0.2) is 62.6 Å². The number of carbonyl (C=O) groups excluding carboxylic acids is 1. The number of guanidine groups is 1. The average Bonchev–Trinajstić information content (AvgIpc) is 2.68. The van der Waals surface area contributed by atoms with Crippen molar-refractivity contribution in [1.82, 2.24) is 20.9 Å². The number of nitrogens with one attached hydrogen (secondary N) is 3. The molecule has 1 saturated heterocycles. The number of carbonyl (C=O) groups is 1. The number of piperidine rings is 1. The Morgan fingerprint density at radius 2 is 1.82 bits per heavy atom. The van der Waals surface area contributed by atoms with Crippen LogP contribution in [0.25, 0.3) is 0 Å². The van der Waals surface area contributed by atoms with E-state index in [9.17, 15) is 4.79 Å². The van der Waals surface area contributed by atoms with Crippen LogP contribution in [0.3, 0.4) is 0 Å². The molecule has 0 aromatic heterocycles. The molecule has 1 aliphatic rings. The summed E-state index contributed by atoms with van der Waals surface area (Å²) in [5, 5.41) is 9.87. The smallest absolute Gasteiger partial charge is 0.234 e. The molecule has 0 atom stereocenters. The van der Waals surface area contributed by atoms with Crippen molar-refractivity contribution in [2.75, 3.05) is 39.8 Å². The third-order valence-corrected chi connectivity index (χ3v) is 4.92. The third-order valence-electron chi connectivity index (χ3n) is 4.92. The second-order valence-electron chi connectivity index (χ2n) is 7.28. The summed E-state index contributed by atoms with van der Waals surface area (Å²) in [7, 11) is 1.81. The molecule has 0 unspecified atom stereocenters. The number of nitrogens with zero attached hydrogens (tertiary/aromatic N) is 2. The van der Waals surface area contributed by atoms with Crippen LogP contribution in [-0.2, 0) is 11.2 Å². The van der Waals surface area contributed by atoms with Gasteiger partial charge in [-0.15, -0.1) is 24.0 Å². The van der Waals surface area contributed by atoms with Gasteiger partial charge in [-0.25, -0.2) is 0 Å². The van der Waals surface area contributed by atoms with Crippen LogP contribution >= 0.6 is 24.0 Å². The molecule has 7 heteroatoms. The van der Waals surface area contributed by atoms with Crippen LogP contribution in [0.5, 0.6) is 0 Å². The minimum absolute atomic E-state index is 0. The predicted molar refractivity (Wildman–Crippen MR) is 128 cm³/mol. The molecule has 6 nitrogen and oxygen atoms in total. The Labute approximate surface area is 187 Å². The fourth-order valence-corrected chi connectivity index (χ4v) is 3.23. The molecule has 1 aromatic carbocycles. The summed E-state index contributed by atoms with van der Waals surface area (Å²) in [6.45, 7) is 8.20. The van der Waals surface area contributed by atoms with Crippen molar-refractivity contribution in [3.05, 3.63) is 35.4 Å². The number of benzene rings is 1. The fourth-order valence-electron chi connectivity index (χ4n) is 3.23. The summed E-state index contributed by atoms with van der Waals surface area (Å²) in [5.74, 6) is 0.998. The average molecular weight is 501 g/mol. The van der Waals surface area contributed by atoms with Gasteiger partial charge in [-0.2, -0.15) is 0 Å². The summed E-state index contributed by atoms with van der Waals surface area (Å²) in [6, 6.07) is 9.07. The first-order valence-corrected chi connectivity index (χ1v) is 10.1. The van der Waals surface area contributed by atoms with Gasteiger partial charge in [0.05, 0.1) is 6.54 Å². The molecule has 28 heavy (non-hydrogen) atoms. The van der Waals surface area contributed by atoms with Gasteiger partial charge in [-0.3, -0.25) is 14.7 Å². The maximum absolute atomic E-state index is 11.8. The molecule has 0 radical (unpaired) electrons. The number of aryl methyl sites for hydroxylation is 1. The van der Waals surface area contributed by atoms with Gasteiger partial charge >= 0.3 is 0 Å². The largest absolute Gasteiger partial charge is 0.356 e. The van der Waals surface area contributed by atoms with Crippen molar-refractivity contribution in [2.24, 2.45) is 4.99 Å². The van der Waals surface area contributed by atoms with Crippen LogP contribution in [0.15, 0.2) is 29.3 Å². The molecule has 3 N–H and O–H groups in total. The minimum Gasteiger partial charge on any atom is -0.356 e. The highest BCUT2D eigenvalue weighted by Gasteiger charge is 2.21. The number of hydrogen-bond acceptors (Lipinski definition) is 3. The van der Waals surface area contributed by atoms with Gasteiger partial charge in [0.1, 0.15) is 0 Å². The van der Waals surface area contributed by atoms with Crippen molar-refractivity contribution in [2.45, 2.75) is 45.6 Å². The van der Waals surface area contributed by atoms with E-state index >= 15 is 0 Å². The van der Waals surface area contributed by atoms with Crippen molar-refractivity contribution in [1.29, 1.82) is 0 Å². The Morgan fingerprint density at radius 1 is 1.14 bits per heavy atom. The fraction of sp³-hybridized carbons (Fsp3) is 0.619. The van der Waals surface area contributed by atoms with Crippen molar-refractivity contribution in [3.63, 3.8) is 0 Å². The van der Waals surface area contributed by atoms with Gasteiger partial charge in [-0.1, -0.05) is 36.8 Å². The van der Waals surface area contributed by atoms with Crippen LogP contribution in [0.2, 0.25) is 0 Å². The number of hydrogen-bond donors (Lipinski definition) is 3. The lowest BCUT2D eigenvalue weighted by Crippen LogP contribution is -2.50. The van der Waals surface area contributed by atoms with E-state index in [4.69, 9.17) is 0 Å². The van der Waals surface area contributed by atoms with E-state index in [-0.39, 0.29) is 29.9 Å². The van der Waals surface area contributed by atoms with E-state index < -0.39 is 0 Å². The summed E-state index contributed by atoms with van der Waals surface area (Å²) in [6.07, 6.45) is 4.01. The lowest BCUT2D eigenvalue weighted by Gasteiger charge is -2.32. The molecule has 0 saturated carbocycles. The SMILES string of the molecule is CCCNC(=O)CN1CCC(NC(=NC)NCCc2ccc(C)cc2)CC1.I. The zero-order valence-electron chi connectivity index (χ0n) is 17.5. The predicted octanol–water partition coefficient (Wildman–Crippen LogP) is 2.31. The van der Waals surface area contributed by atoms with Gasteiger partial charge in [0.25, 0.3) is 0 Å². The van der Waals surface area contributed by atoms with Gasteiger partial charge in [-0.05, 0) is 38.2 Å². The molecule has 1 heterocycles. The zero-order chi connectivity index (χ0) is 19.5. The van der Waals surface area contributed by atoms with Gasteiger partial charge in [0.15, 0.2) is 5.96 Å². The Hall–Kier alpha value is -1.35. The monoisotopic (exact) mass is 501 g/mol. The molecule has 0 aliphatic carbocycles. The maximum Gasteiger partial charge on any atom is 0.234 e. The minimum atomic E-state index is 0. The van der Waals surface area contributed by atoms with Gasteiger partial charge < -0.3 is 16.0 Å². The molecule has 158 valence electrons. The van der Waals surface area contributed by atoms with Gasteiger partial charge in [0.2, 0.25) is 5.91 Å². The van der Waals surface area contributed by atoms with E-state index in [0.29, 0.717) is 12.6 Å². The molecule has 1 amide bonds. The van der Waals surface area contributed by atoms with Crippen molar-refractivity contribution in [3.8, 4) is 0 Å².